The number of anilines is 1. The maximum absolute atomic E-state index is 11.8. The Morgan fingerprint density at radius 1 is 1.47 bits per heavy atom. The van der Waals surface area contributed by atoms with E-state index in [9.17, 15) is 4.79 Å². The average molecular weight is 311 g/mol. The van der Waals surface area contributed by atoms with Crippen LogP contribution in [0.15, 0.2) is 34.2 Å². The molecule has 88 valence electrons. The van der Waals surface area contributed by atoms with Gasteiger partial charge in [-0.25, -0.2) is 4.98 Å². The van der Waals surface area contributed by atoms with Crippen molar-refractivity contribution in [1.82, 2.24) is 4.98 Å². The number of hydrogen-bond donors (Lipinski definition) is 1. The lowest BCUT2D eigenvalue weighted by Crippen LogP contribution is -2.14. The van der Waals surface area contributed by atoms with Gasteiger partial charge in [-0.1, -0.05) is 35.6 Å². The summed E-state index contributed by atoms with van der Waals surface area (Å²) in [5.41, 5.74) is 2.17. The summed E-state index contributed by atoms with van der Waals surface area (Å²) in [7, 11) is 0. The van der Waals surface area contributed by atoms with Gasteiger partial charge in [0.15, 0.2) is 5.13 Å². The quantitative estimate of drug-likeness (QED) is 0.944. The minimum absolute atomic E-state index is 0.0406. The zero-order valence-electron chi connectivity index (χ0n) is 9.24. The van der Waals surface area contributed by atoms with Crippen molar-refractivity contribution in [3.05, 3.63) is 45.4 Å². The van der Waals surface area contributed by atoms with Crippen LogP contribution in [0, 0.1) is 6.92 Å². The first-order valence-electron chi connectivity index (χ1n) is 5.11. The van der Waals surface area contributed by atoms with Crippen LogP contribution in [0.3, 0.4) is 0 Å². The van der Waals surface area contributed by atoms with E-state index in [4.69, 9.17) is 0 Å². The van der Waals surface area contributed by atoms with Gasteiger partial charge < -0.3 is 5.32 Å². The van der Waals surface area contributed by atoms with Crippen LogP contribution in [0.4, 0.5) is 5.13 Å². The Kier molecular flexibility index (Phi) is 3.91. The van der Waals surface area contributed by atoms with E-state index in [0.29, 0.717) is 11.6 Å². The molecule has 0 spiro atoms. The van der Waals surface area contributed by atoms with Gasteiger partial charge in [0.25, 0.3) is 0 Å². The minimum atomic E-state index is -0.0406. The van der Waals surface area contributed by atoms with E-state index < -0.39 is 0 Å². The number of carbonyl (C=O) groups excluding carboxylic acids is 1. The second kappa shape index (κ2) is 5.42. The Bertz CT molecular complexity index is 539. The molecule has 5 heteroatoms. The summed E-state index contributed by atoms with van der Waals surface area (Å²) in [6, 6.07) is 7.87. The van der Waals surface area contributed by atoms with Gasteiger partial charge in [-0.2, -0.15) is 0 Å². The lowest BCUT2D eigenvalue weighted by molar-refractivity contribution is -0.115. The Morgan fingerprint density at radius 3 is 2.88 bits per heavy atom. The molecule has 0 bridgehead atoms. The second-order valence-corrected chi connectivity index (χ2v) is 6.03. The molecule has 0 aliphatic rings. The number of aromatic nitrogens is 1. The number of carbonyl (C=O) groups is 1. The normalized spacial score (nSPS) is 10.2. The predicted molar refractivity (Wildman–Crippen MR) is 73.3 cm³/mol. The first kappa shape index (κ1) is 12.3. The fourth-order valence-electron chi connectivity index (χ4n) is 1.46. The molecule has 1 aromatic heterocycles. The highest BCUT2D eigenvalue weighted by molar-refractivity contribution is 9.11. The molecular formula is C12H11BrN2OS. The molecule has 0 radical (unpaired) electrons. The van der Waals surface area contributed by atoms with Gasteiger partial charge in [0.1, 0.15) is 0 Å². The summed E-state index contributed by atoms with van der Waals surface area (Å²) >= 11 is 4.71. The molecular weight excluding hydrogens is 300 g/mol. The van der Waals surface area contributed by atoms with Crippen LogP contribution >= 0.6 is 27.3 Å². The third-order valence-electron chi connectivity index (χ3n) is 2.34. The van der Waals surface area contributed by atoms with Gasteiger partial charge >= 0.3 is 0 Å². The largest absolute Gasteiger partial charge is 0.302 e. The number of halogens is 1. The van der Waals surface area contributed by atoms with Gasteiger partial charge in [0.05, 0.1) is 16.4 Å². The number of nitrogens with zero attached hydrogens (tertiary/aromatic N) is 1. The Balaban J connectivity index is 2.01. The first-order chi connectivity index (χ1) is 8.15. The number of amides is 1. The SMILES string of the molecule is Cc1ccccc1CC(=O)Nc1ncc(Br)s1. The molecule has 1 heterocycles. The molecule has 0 aliphatic carbocycles. The van der Waals surface area contributed by atoms with Crippen molar-refractivity contribution in [2.45, 2.75) is 13.3 Å². The van der Waals surface area contributed by atoms with Crippen molar-refractivity contribution in [2.24, 2.45) is 0 Å². The van der Waals surface area contributed by atoms with Crippen molar-refractivity contribution in [3.8, 4) is 0 Å². The molecule has 0 aliphatic heterocycles. The topological polar surface area (TPSA) is 42.0 Å². The van der Waals surface area contributed by atoms with E-state index in [1.807, 2.05) is 31.2 Å². The van der Waals surface area contributed by atoms with Crippen molar-refractivity contribution < 1.29 is 4.79 Å². The van der Waals surface area contributed by atoms with Crippen LogP contribution < -0.4 is 5.32 Å². The molecule has 0 saturated heterocycles. The molecule has 1 aromatic carbocycles. The molecule has 0 saturated carbocycles. The van der Waals surface area contributed by atoms with Crippen LogP contribution in [0.1, 0.15) is 11.1 Å². The Morgan fingerprint density at radius 2 is 2.24 bits per heavy atom. The maximum atomic E-state index is 11.8. The van der Waals surface area contributed by atoms with E-state index in [2.05, 4.69) is 26.2 Å². The van der Waals surface area contributed by atoms with E-state index >= 15 is 0 Å². The van der Waals surface area contributed by atoms with Gasteiger partial charge in [-0.15, -0.1) is 0 Å². The molecule has 3 nitrogen and oxygen atoms in total. The zero-order valence-corrected chi connectivity index (χ0v) is 11.6. The Hall–Kier alpha value is -1.20. The highest BCUT2D eigenvalue weighted by Gasteiger charge is 2.08. The highest BCUT2D eigenvalue weighted by Crippen LogP contribution is 2.23. The predicted octanol–water partition coefficient (Wildman–Crippen LogP) is 3.40. The molecule has 1 N–H and O–H groups in total. The Labute approximate surface area is 112 Å². The molecule has 0 unspecified atom stereocenters. The molecule has 17 heavy (non-hydrogen) atoms. The second-order valence-electron chi connectivity index (χ2n) is 3.62. The molecule has 0 fully saturated rings. The standard InChI is InChI=1S/C12H11BrN2OS/c1-8-4-2-3-5-9(8)6-11(16)15-12-14-7-10(13)17-12/h2-5,7H,6H2,1H3,(H,14,15,16). The van der Waals surface area contributed by atoms with Crippen LogP contribution in [-0.4, -0.2) is 10.9 Å². The molecule has 1 amide bonds. The summed E-state index contributed by atoms with van der Waals surface area (Å²) in [5, 5.41) is 3.40. The van der Waals surface area contributed by atoms with Gasteiger partial charge in [-0.3, -0.25) is 4.79 Å². The van der Waals surface area contributed by atoms with Gasteiger partial charge in [0, 0.05) is 0 Å². The molecule has 2 aromatic rings. The average Bonchev–Trinajstić information content (AvgIpc) is 2.67. The summed E-state index contributed by atoms with van der Waals surface area (Å²) in [6.07, 6.45) is 2.05. The number of hydrogen-bond acceptors (Lipinski definition) is 3. The number of rotatable bonds is 3. The summed E-state index contributed by atoms with van der Waals surface area (Å²) in [6.45, 7) is 2.00. The van der Waals surface area contributed by atoms with Crippen molar-refractivity contribution in [3.63, 3.8) is 0 Å². The van der Waals surface area contributed by atoms with E-state index in [0.717, 1.165) is 14.9 Å². The van der Waals surface area contributed by atoms with Gasteiger partial charge in [0.2, 0.25) is 5.91 Å². The third-order valence-corrected chi connectivity index (χ3v) is 3.73. The minimum Gasteiger partial charge on any atom is -0.302 e. The fraction of sp³-hybridized carbons (Fsp3) is 0.167. The van der Waals surface area contributed by atoms with E-state index in [1.54, 1.807) is 6.20 Å². The monoisotopic (exact) mass is 310 g/mol. The number of benzene rings is 1. The van der Waals surface area contributed by atoms with Crippen molar-refractivity contribution in [1.29, 1.82) is 0 Å². The smallest absolute Gasteiger partial charge is 0.230 e. The molecule has 0 atom stereocenters. The summed E-state index contributed by atoms with van der Waals surface area (Å²) in [4.78, 5) is 15.8. The van der Waals surface area contributed by atoms with Crippen molar-refractivity contribution >= 4 is 38.3 Å². The number of nitrogens with one attached hydrogen (secondary N) is 1. The van der Waals surface area contributed by atoms with Gasteiger partial charge in [-0.05, 0) is 34.0 Å². The van der Waals surface area contributed by atoms with Crippen LogP contribution in [-0.2, 0) is 11.2 Å². The number of aryl methyl sites for hydroxylation is 1. The van der Waals surface area contributed by atoms with E-state index in [1.165, 1.54) is 11.3 Å². The highest BCUT2D eigenvalue weighted by atomic mass is 79.9. The van der Waals surface area contributed by atoms with E-state index in [-0.39, 0.29) is 5.91 Å². The van der Waals surface area contributed by atoms with Crippen LogP contribution in [0.2, 0.25) is 0 Å². The lowest BCUT2D eigenvalue weighted by atomic mass is 10.1. The van der Waals surface area contributed by atoms with Crippen LogP contribution in [0.25, 0.3) is 0 Å². The zero-order chi connectivity index (χ0) is 12.3. The summed E-state index contributed by atoms with van der Waals surface area (Å²) < 4.78 is 0.906. The lowest BCUT2D eigenvalue weighted by Gasteiger charge is -2.04. The summed E-state index contributed by atoms with van der Waals surface area (Å²) in [5.74, 6) is -0.0406. The first-order valence-corrected chi connectivity index (χ1v) is 6.72. The van der Waals surface area contributed by atoms with Crippen molar-refractivity contribution in [2.75, 3.05) is 5.32 Å². The fourth-order valence-corrected chi connectivity index (χ4v) is 2.58. The third kappa shape index (κ3) is 3.38. The maximum Gasteiger partial charge on any atom is 0.230 e. The van der Waals surface area contributed by atoms with Crippen LogP contribution in [0.5, 0.6) is 0 Å². The molecule has 2 rings (SSSR count). The number of thiazole rings is 1.